The molecule has 1 N–H and O–H groups in total. The van der Waals surface area contributed by atoms with Crippen molar-refractivity contribution in [1.29, 1.82) is 0 Å². The van der Waals surface area contributed by atoms with Crippen LogP contribution in [-0.4, -0.2) is 25.0 Å². The molecule has 2 aromatic carbocycles. The fourth-order valence-electron chi connectivity index (χ4n) is 2.72. The number of para-hydroxylation sites is 1. The maximum Gasteiger partial charge on any atom is 0.256 e. The molecule has 0 spiro atoms. The van der Waals surface area contributed by atoms with E-state index in [1.165, 1.54) is 12.0 Å². The highest BCUT2D eigenvalue weighted by atomic mass is 35.5. The maximum atomic E-state index is 12.7. The zero-order valence-corrected chi connectivity index (χ0v) is 14.1. The van der Waals surface area contributed by atoms with Crippen LogP contribution in [0.15, 0.2) is 42.5 Å². The summed E-state index contributed by atoms with van der Waals surface area (Å²) in [6, 6.07) is 12.0. The zero-order valence-electron chi connectivity index (χ0n) is 13.4. The molecule has 0 aromatic heterocycles. The molecule has 2 aromatic rings. The van der Waals surface area contributed by atoms with Crippen molar-refractivity contribution in [3.8, 4) is 5.75 Å². The SMILES string of the molecule is COc1cc(Cl)c(C)cc1N1C(=O)C[C@@H](Nc2ccccc2)C1=O. The van der Waals surface area contributed by atoms with Gasteiger partial charge in [0.05, 0.1) is 19.2 Å². The number of methoxy groups -OCH3 is 1. The van der Waals surface area contributed by atoms with Crippen LogP contribution in [0.4, 0.5) is 11.4 Å². The minimum atomic E-state index is -0.597. The third-order valence-corrected chi connectivity index (χ3v) is 4.37. The number of rotatable bonds is 4. The summed E-state index contributed by atoms with van der Waals surface area (Å²) >= 11 is 6.10. The number of aryl methyl sites for hydroxylation is 1. The minimum absolute atomic E-state index is 0.0958. The van der Waals surface area contributed by atoms with E-state index in [0.29, 0.717) is 16.5 Å². The van der Waals surface area contributed by atoms with Gasteiger partial charge in [-0.3, -0.25) is 9.59 Å². The molecule has 1 aliphatic heterocycles. The predicted molar refractivity (Wildman–Crippen MR) is 93.7 cm³/mol. The summed E-state index contributed by atoms with van der Waals surface area (Å²) < 4.78 is 5.29. The van der Waals surface area contributed by atoms with Gasteiger partial charge >= 0.3 is 0 Å². The molecule has 1 saturated heterocycles. The second-order valence-corrected chi connectivity index (χ2v) is 6.01. The highest BCUT2D eigenvalue weighted by molar-refractivity contribution is 6.32. The van der Waals surface area contributed by atoms with E-state index in [4.69, 9.17) is 16.3 Å². The van der Waals surface area contributed by atoms with Gasteiger partial charge in [-0.2, -0.15) is 0 Å². The molecule has 24 heavy (non-hydrogen) atoms. The number of hydrogen-bond acceptors (Lipinski definition) is 4. The highest BCUT2D eigenvalue weighted by Gasteiger charge is 2.41. The van der Waals surface area contributed by atoms with E-state index in [2.05, 4.69) is 5.32 Å². The van der Waals surface area contributed by atoms with Crippen LogP contribution in [0.1, 0.15) is 12.0 Å². The molecule has 5 nitrogen and oxygen atoms in total. The molecule has 0 unspecified atom stereocenters. The maximum absolute atomic E-state index is 12.7. The topological polar surface area (TPSA) is 58.6 Å². The fourth-order valence-corrected chi connectivity index (χ4v) is 2.87. The number of carbonyl (C=O) groups is 2. The van der Waals surface area contributed by atoms with Gasteiger partial charge in [0.1, 0.15) is 11.8 Å². The van der Waals surface area contributed by atoms with Gasteiger partial charge in [-0.25, -0.2) is 4.90 Å². The Morgan fingerprint density at radius 2 is 1.92 bits per heavy atom. The van der Waals surface area contributed by atoms with Gasteiger partial charge in [-0.15, -0.1) is 0 Å². The largest absolute Gasteiger partial charge is 0.495 e. The average molecular weight is 345 g/mol. The third kappa shape index (κ3) is 2.95. The molecule has 0 radical (unpaired) electrons. The van der Waals surface area contributed by atoms with Gasteiger partial charge in [0.2, 0.25) is 5.91 Å². The third-order valence-electron chi connectivity index (χ3n) is 3.96. The number of amides is 2. The lowest BCUT2D eigenvalue weighted by molar-refractivity contribution is -0.121. The molecule has 0 bridgehead atoms. The van der Waals surface area contributed by atoms with Crippen molar-refractivity contribution in [3.63, 3.8) is 0 Å². The van der Waals surface area contributed by atoms with Crippen molar-refractivity contribution in [3.05, 3.63) is 53.1 Å². The number of imide groups is 1. The monoisotopic (exact) mass is 344 g/mol. The molecule has 2 amide bonds. The standard InChI is InChI=1S/C18H17ClN2O3/c1-11-8-15(16(24-2)9-13(11)19)21-17(22)10-14(18(21)23)20-12-6-4-3-5-7-12/h3-9,14,20H,10H2,1-2H3/t14-/m1/s1. The van der Waals surface area contributed by atoms with E-state index in [1.807, 2.05) is 37.3 Å². The van der Waals surface area contributed by atoms with E-state index in [0.717, 1.165) is 11.3 Å². The van der Waals surface area contributed by atoms with E-state index in [-0.39, 0.29) is 18.2 Å². The Kier molecular flexibility index (Phi) is 4.44. The van der Waals surface area contributed by atoms with Crippen molar-refractivity contribution in [2.75, 3.05) is 17.3 Å². The van der Waals surface area contributed by atoms with Crippen molar-refractivity contribution in [2.45, 2.75) is 19.4 Å². The predicted octanol–water partition coefficient (Wildman–Crippen LogP) is 3.40. The van der Waals surface area contributed by atoms with Crippen molar-refractivity contribution < 1.29 is 14.3 Å². The van der Waals surface area contributed by atoms with E-state index >= 15 is 0 Å². The second kappa shape index (κ2) is 6.53. The number of halogens is 1. The lowest BCUT2D eigenvalue weighted by atomic mass is 10.2. The summed E-state index contributed by atoms with van der Waals surface area (Å²) in [7, 11) is 1.48. The molecule has 0 saturated carbocycles. The summed E-state index contributed by atoms with van der Waals surface area (Å²) in [4.78, 5) is 26.3. The Labute approximate surface area is 145 Å². The van der Waals surface area contributed by atoms with Crippen LogP contribution in [0.3, 0.4) is 0 Å². The lowest BCUT2D eigenvalue weighted by Crippen LogP contribution is -2.35. The summed E-state index contributed by atoms with van der Waals surface area (Å²) in [6.07, 6.45) is 0.0958. The second-order valence-electron chi connectivity index (χ2n) is 5.61. The van der Waals surface area contributed by atoms with Crippen LogP contribution in [0, 0.1) is 6.92 Å². The Hall–Kier alpha value is -2.53. The average Bonchev–Trinajstić information content (AvgIpc) is 2.84. The molecule has 3 rings (SSSR count). The van der Waals surface area contributed by atoms with Gasteiger partial charge < -0.3 is 10.1 Å². The van der Waals surface area contributed by atoms with Crippen LogP contribution < -0.4 is 15.0 Å². The number of carbonyl (C=O) groups excluding carboxylic acids is 2. The quantitative estimate of drug-likeness (QED) is 0.864. The van der Waals surface area contributed by atoms with Crippen molar-refractivity contribution in [1.82, 2.24) is 0 Å². The molecular formula is C18H17ClN2O3. The molecule has 1 aliphatic rings. The van der Waals surface area contributed by atoms with Crippen molar-refractivity contribution >= 4 is 34.8 Å². The first-order chi connectivity index (χ1) is 11.5. The molecule has 6 heteroatoms. The summed E-state index contributed by atoms with van der Waals surface area (Å²) in [5.41, 5.74) is 1.99. The first kappa shape index (κ1) is 16.3. The lowest BCUT2D eigenvalue weighted by Gasteiger charge is -2.19. The van der Waals surface area contributed by atoms with E-state index in [1.54, 1.807) is 12.1 Å². The number of ether oxygens (including phenoxy) is 1. The molecule has 1 fully saturated rings. The number of nitrogens with one attached hydrogen (secondary N) is 1. The van der Waals surface area contributed by atoms with Gasteiger partial charge in [0, 0.05) is 16.8 Å². The first-order valence-corrected chi connectivity index (χ1v) is 7.91. The zero-order chi connectivity index (χ0) is 17.3. The van der Waals surface area contributed by atoms with Gasteiger partial charge in [0.15, 0.2) is 0 Å². The Morgan fingerprint density at radius 3 is 2.58 bits per heavy atom. The van der Waals surface area contributed by atoms with Gasteiger partial charge in [0.25, 0.3) is 5.91 Å². The Bertz CT molecular complexity index is 792. The van der Waals surface area contributed by atoms with E-state index < -0.39 is 6.04 Å². The Balaban J connectivity index is 1.91. The minimum Gasteiger partial charge on any atom is -0.495 e. The van der Waals surface area contributed by atoms with Gasteiger partial charge in [-0.1, -0.05) is 29.8 Å². The molecule has 0 aliphatic carbocycles. The van der Waals surface area contributed by atoms with Gasteiger partial charge in [-0.05, 0) is 30.7 Å². The number of hydrogen-bond donors (Lipinski definition) is 1. The summed E-state index contributed by atoms with van der Waals surface area (Å²) in [6.45, 7) is 1.82. The van der Waals surface area contributed by atoms with Crippen LogP contribution in [-0.2, 0) is 9.59 Å². The molecule has 1 heterocycles. The summed E-state index contributed by atoms with van der Waals surface area (Å²) in [5.74, 6) is -0.176. The van der Waals surface area contributed by atoms with Crippen LogP contribution in [0.2, 0.25) is 5.02 Å². The smallest absolute Gasteiger partial charge is 0.256 e. The van der Waals surface area contributed by atoms with Crippen LogP contribution in [0.25, 0.3) is 0 Å². The first-order valence-electron chi connectivity index (χ1n) is 7.53. The van der Waals surface area contributed by atoms with E-state index in [9.17, 15) is 9.59 Å². The highest BCUT2D eigenvalue weighted by Crippen LogP contribution is 2.36. The number of nitrogens with zero attached hydrogens (tertiary/aromatic N) is 1. The Morgan fingerprint density at radius 1 is 1.21 bits per heavy atom. The van der Waals surface area contributed by atoms with Crippen LogP contribution >= 0.6 is 11.6 Å². The van der Waals surface area contributed by atoms with Crippen LogP contribution in [0.5, 0.6) is 5.75 Å². The molecular weight excluding hydrogens is 328 g/mol. The summed E-state index contributed by atoms with van der Waals surface area (Å²) in [5, 5.41) is 3.63. The number of benzene rings is 2. The molecule has 1 atom stereocenters. The van der Waals surface area contributed by atoms with Crippen molar-refractivity contribution in [2.24, 2.45) is 0 Å². The molecule has 124 valence electrons. The fraction of sp³-hybridized carbons (Fsp3) is 0.222. The normalized spacial score (nSPS) is 17.3. The number of anilines is 2.